The van der Waals surface area contributed by atoms with E-state index in [1.54, 1.807) is 7.05 Å². The van der Waals surface area contributed by atoms with Gasteiger partial charge in [0.2, 0.25) is 0 Å². The molecule has 7 heteroatoms. The predicted octanol–water partition coefficient (Wildman–Crippen LogP) is 5.34. The van der Waals surface area contributed by atoms with Crippen LogP contribution in [0.3, 0.4) is 0 Å². The molecule has 172 valence electrons. The van der Waals surface area contributed by atoms with E-state index in [4.69, 9.17) is 9.26 Å². The molecule has 1 fully saturated rings. The summed E-state index contributed by atoms with van der Waals surface area (Å²) in [5.41, 5.74) is 3.57. The number of ether oxygens (including phenoxy) is 1. The van der Waals surface area contributed by atoms with Gasteiger partial charge in [-0.25, -0.2) is 0 Å². The van der Waals surface area contributed by atoms with Gasteiger partial charge < -0.3 is 19.9 Å². The fourth-order valence-corrected chi connectivity index (χ4v) is 4.11. The highest BCUT2D eigenvalue weighted by atomic mass is 127. The molecule has 2 atom stereocenters. The van der Waals surface area contributed by atoms with Gasteiger partial charge in [0.1, 0.15) is 0 Å². The minimum atomic E-state index is 0. The molecular formula is C24H37IN4O2. The number of hydrogen-bond acceptors (Lipinski definition) is 4. The van der Waals surface area contributed by atoms with Crippen LogP contribution >= 0.6 is 24.0 Å². The Kier molecular flexibility index (Phi) is 10.8. The van der Waals surface area contributed by atoms with Crippen LogP contribution in [0.5, 0.6) is 0 Å². The van der Waals surface area contributed by atoms with Crippen molar-refractivity contribution in [3.05, 3.63) is 52.9 Å². The van der Waals surface area contributed by atoms with Crippen molar-refractivity contribution in [3.63, 3.8) is 0 Å². The Hall–Kier alpha value is -1.61. The van der Waals surface area contributed by atoms with Crippen molar-refractivity contribution in [1.82, 2.24) is 15.8 Å². The molecule has 0 aliphatic carbocycles. The zero-order valence-corrected chi connectivity index (χ0v) is 21.5. The number of nitrogens with one attached hydrogen (secondary N) is 2. The van der Waals surface area contributed by atoms with Crippen molar-refractivity contribution >= 4 is 29.9 Å². The maximum absolute atomic E-state index is 6.13. The van der Waals surface area contributed by atoms with E-state index in [0.29, 0.717) is 18.4 Å². The van der Waals surface area contributed by atoms with E-state index in [0.717, 1.165) is 56.2 Å². The van der Waals surface area contributed by atoms with Crippen molar-refractivity contribution in [1.29, 1.82) is 0 Å². The summed E-state index contributed by atoms with van der Waals surface area (Å²) in [6.45, 7) is 8.69. The molecule has 31 heavy (non-hydrogen) atoms. The Morgan fingerprint density at radius 1 is 1.19 bits per heavy atom. The number of guanidine groups is 1. The number of nitrogens with zero attached hydrogens (tertiary/aromatic N) is 2. The van der Waals surface area contributed by atoms with Gasteiger partial charge in [0, 0.05) is 38.1 Å². The quantitative estimate of drug-likeness (QED) is 0.269. The average Bonchev–Trinajstić information content (AvgIpc) is 3.24. The lowest BCUT2D eigenvalue weighted by atomic mass is 9.89. The summed E-state index contributed by atoms with van der Waals surface area (Å²) in [6.07, 6.45) is 4.51. The number of hydrogen-bond donors (Lipinski definition) is 2. The van der Waals surface area contributed by atoms with E-state index >= 15 is 0 Å². The topological polar surface area (TPSA) is 71.7 Å². The van der Waals surface area contributed by atoms with E-state index in [-0.39, 0.29) is 30.1 Å². The molecule has 0 amide bonds. The smallest absolute Gasteiger partial charge is 0.191 e. The molecule has 0 spiro atoms. The van der Waals surface area contributed by atoms with Gasteiger partial charge in [0.15, 0.2) is 11.7 Å². The summed E-state index contributed by atoms with van der Waals surface area (Å²) >= 11 is 0. The Labute approximate surface area is 203 Å². The summed E-state index contributed by atoms with van der Waals surface area (Å²) in [7, 11) is 1.79. The molecule has 0 saturated carbocycles. The average molecular weight is 540 g/mol. The Morgan fingerprint density at radius 2 is 1.94 bits per heavy atom. The van der Waals surface area contributed by atoms with E-state index in [1.807, 2.05) is 0 Å². The molecule has 1 aromatic carbocycles. The zero-order chi connectivity index (χ0) is 21.3. The molecule has 0 bridgehead atoms. The van der Waals surface area contributed by atoms with Crippen LogP contribution in [0.2, 0.25) is 0 Å². The van der Waals surface area contributed by atoms with Crippen LogP contribution < -0.4 is 10.6 Å². The standard InChI is InChI=1S/C24H36N4O2.HI/c1-5-18(6-2)22-14-21(30-28-22)16-27-24(25-4)26-15-20-8-7-13-29-23(20)19-11-9-17(3)10-12-19;/h9-12,14,18,20,23H,5-8,13,15-16H2,1-4H3,(H2,25,26,27);1H. The van der Waals surface area contributed by atoms with Gasteiger partial charge in [-0.3, -0.25) is 4.99 Å². The maximum atomic E-state index is 6.13. The number of aromatic nitrogens is 1. The summed E-state index contributed by atoms with van der Waals surface area (Å²) in [4.78, 5) is 4.36. The molecule has 0 radical (unpaired) electrons. The number of halogens is 1. The second-order valence-electron chi connectivity index (χ2n) is 8.14. The Balaban J connectivity index is 0.00000341. The van der Waals surface area contributed by atoms with Gasteiger partial charge in [-0.1, -0.05) is 48.8 Å². The first kappa shape index (κ1) is 25.6. The lowest BCUT2D eigenvalue weighted by Gasteiger charge is -2.32. The number of aliphatic imine (C=N–C) groups is 1. The van der Waals surface area contributed by atoms with Crippen molar-refractivity contribution in [3.8, 4) is 0 Å². The number of rotatable bonds is 8. The highest BCUT2D eigenvalue weighted by Crippen LogP contribution is 2.33. The number of aryl methyl sites for hydroxylation is 1. The van der Waals surface area contributed by atoms with E-state index in [9.17, 15) is 0 Å². The van der Waals surface area contributed by atoms with Crippen LogP contribution in [0.4, 0.5) is 0 Å². The van der Waals surface area contributed by atoms with E-state index in [1.165, 1.54) is 11.1 Å². The minimum Gasteiger partial charge on any atom is -0.373 e. The van der Waals surface area contributed by atoms with Crippen molar-refractivity contribution in [2.75, 3.05) is 20.2 Å². The van der Waals surface area contributed by atoms with Crippen LogP contribution in [-0.2, 0) is 11.3 Å². The van der Waals surface area contributed by atoms with Crippen molar-refractivity contribution in [2.24, 2.45) is 10.9 Å². The van der Waals surface area contributed by atoms with E-state index in [2.05, 4.69) is 71.9 Å². The van der Waals surface area contributed by atoms with Gasteiger partial charge in [-0.05, 0) is 38.2 Å². The molecule has 2 unspecified atom stereocenters. The Bertz CT molecular complexity index is 802. The SMILES string of the molecule is CCC(CC)c1cc(CNC(=NC)NCC2CCCOC2c2ccc(C)cc2)on1.I. The molecule has 3 rings (SSSR count). The molecule has 1 aliphatic rings. The highest BCUT2D eigenvalue weighted by Gasteiger charge is 2.27. The zero-order valence-electron chi connectivity index (χ0n) is 19.2. The van der Waals surface area contributed by atoms with Crippen LogP contribution in [0, 0.1) is 12.8 Å². The predicted molar refractivity (Wildman–Crippen MR) is 136 cm³/mol. The molecule has 2 N–H and O–H groups in total. The molecule has 1 aromatic heterocycles. The maximum Gasteiger partial charge on any atom is 0.191 e. The van der Waals surface area contributed by atoms with Crippen LogP contribution in [-0.4, -0.2) is 31.3 Å². The second-order valence-corrected chi connectivity index (χ2v) is 8.14. The first-order valence-electron chi connectivity index (χ1n) is 11.2. The lowest BCUT2D eigenvalue weighted by molar-refractivity contribution is -0.0265. The van der Waals surface area contributed by atoms with Gasteiger partial charge >= 0.3 is 0 Å². The summed E-state index contributed by atoms with van der Waals surface area (Å²) in [6, 6.07) is 10.7. The minimum absolute atomic E-state index is 0. The summed E-state index contributed by atoms with van der Waals surface area (Å²) < 4.78 is 11.6. The lowest BCUT2D eigenvalue weighted by Crippen LogP contribution is -2.41. The molecule has 6 nitrogen and oxygen atoms in total. The third-order valence-corrected chi connectivity index (χ3v) is 6.02. The van der Waals surface area contributed by atoms with Crippen molar-refractivity contribution in [2.45, 2.75) is 65.0 Å². The van der Waals surface area contributed by atoms with Crippen LogP contribution in [0.15, 0.2) is 39.8 Å². The van der Waals surface area contributed by atoms with Gasteiger partial charge in [0.05, 0.1) is 18.3 Å². The van der Waals surface area contributed by atoms with E-state index < -0.39 is 0 Å². The fourth-order valence-electron chi connectivity index (χ4n) is 4.11. The van der Waals surface area contributed by atoms with Gasteiger partial charge in [-0.2, -0.15) is 0 Å². The molecule has 2 aromatic rings. The molecule has 1 saturated heterocycles. The molecule has 2 heterocycles. The van der Waals surface area contributed by atoms with Gasteiger partial charge in [-0.15, -0.1) is 24.0 Å². The normalized spacial score (nSPS) is 19.2. The van der Waals surface area contributed by atoms with Crippen LogP contribution in [0.1, 0.15) is 74.1 Å². The Morgan fingerprint density at radius 3 is 2.61 bits per heavy atom. The third-order valence-electron chi connectivity index (χ3n) is 6.02. The first-order valence-corrected chi connectivity index (χ1v) is 11.2. The largest absolute Gasteiger partial charge is 0.373 e. The summed E-state index contributed by atoms with van der Waals surface area (Å²) in [5, 5.41) is 11.0. The monoisotopic (exact) mass is 540 g/mol. The molecule has 1 aliphatic heterocycles. The number of benzene rings is 1. The molecular weight excluding hydrogens is 503 g/mol. The van der Waals surface area contributed by atoms with Gasteiger partial charge in [0.25, 0.3) is 0 Å². The fraction of sp³-hybridized carbons (Fsp3) is 0.583. The summed E-state index contributed by atoms with van der Waals surface area (Å²) in [5.74, 6) is 2.47. The third kappa shape index (κ3) is 7.20. The highest BCUT2D eigenvalue weighted by molar-refractivity contribution is 14.0. The van der Waals surface area contributed by atoms with Crippen molar-refractivity contribution < 1.29 is 9.26 Å². The second kappa shape index (κ2) is 13.1. The first-order chi connectivity index (χ1) is 14.6. The van der Waals surface area contributed by atoms with Crippen LogP contribution in [0.25, 0.3) is 0 Å².